The number of fused-ring (bicyclic) bond motifs is 1. The topological polar surface area (TPSA) is 59.8 Å². The number of carbonyl (C=O) groups is 2. The summed E-state index contributed by atoms with van der Waals surface area (Å²) in [4.78, 5) is 25.0. The number of furan rings is 1. The van der Waals surface area contributed by atoms with Gasteiger partial charge in [-0.1, -0.05) is 18.2 Å². The van der Waals surface area contributed by atoms with Gasteiger partial charge in [-0.3, -0.25) is 9.59 Å². The SMILES string of the molecule is COC(=O)CN(C(=O)C=Cc1cc2ccccc2o1)C(C)C. The average molecular weight is 301 g/mol. The van der Waals surface area contributed by atoms with E-state index in [9.17, 15) is 9.59 Å². The molecule has 0 radical (unpaired) electrons. The maximum atomic E-state index is 12.2. The number of nitrogens with zero attached hydrogens (tertiary/aromatic N) is 1. The lowest BCUT2D eigenvalue weighted by molar-refractivity contribution is -0.146. The van der Waals surface area contributed by atoms with Crippen LogP contribution >= 0.6 is 0 Å². The van der Waals surface area contributed by atoms with Crippen molar-refractivity contribution in [2.75, 3.05) is 13.7 Å². The number of para-hydroxylation sites is 1. The number of carbonyl (C=O) groups excluding carboxylic acids is 2. The third-order valence-corrected chi connectivity index (χ3v) is 3.27. The summed E-state index contributed by atoms with van der Waals surface area (Å²) in [7, 11) is 1.30. The van der Waals surface area contributed by atoms with E-state index < -0.39 is 5.97 Å². The Bertz CT molecular complexity index is 667. The number of rotatable bonds is 5. The van der Waals surface area contributed by atoms with Crippen molar-refractivity contribution in [1.82, 2.24) is 4.90 Å². The monoisotopic (exact) mass is 301 g/mol. The van der Waals surface area contributed by atoms with Gasteiger partial charge >= 0.3 is 5.97 Å². The molecule has 0 aliphatic carbocycles. The highest BCUT2D eigenvalue weighted by atomic mass is 16.5. The van der Waals surface area contributed by atoms with Gasteiger partial charge in [-0.25, -0.2) is 0 Å². The summed E-state index contributed by atoms with van der Waals surface area (Å²) in [5, 5.41) is 0.977. The second kappa shape index (κ2) is 6.93. The van der Waals surface area contributed by atoms with E-state index in [1.807, 2.05) is 44.2 Å². The predicted octanol–water partition coefficient (Wildman–Crippen LogP) is 2.86. The van der Waals surface area contributed by atoms with E-state index in [1.54, 1.807) is 6.08 Å². The van der Waals surface area contributed by atoms with Crippen LogP contribution in [0.4, 0.5) is 0 Å². The zero-order chi connectivity index (χ0) is 16.1. The summed E-state index contributed by atoms with van der Waals surface area (Å²) in [5.74, 6) is -0.114. The number of amides is 1. The molecule has 0 bridgehead atoms. The van der Waals surface area contributed by atoms with Crippen LogP contribution in [0.3, 0.4) is 0 Å². The second-order valence-corrected chi connectivity index (χ2v) is 5.16. The highest BCUT2D eigenvalue weighted by Gasteiger charge is 2.18. The van der Waals surface area contributed by atoms with Gasteiger partial charge < -0.3 is 14.1 Å². The van der Waals surface area contributed by atoms with E-state index >= 15 is 0 Å². The molecule has 2 aromatic rings. The minimum Gasteiger partial charge on any atom is -0.468 e. The third-order valence-electron chi connectivity index (χ3n) is 3.27. The van der Waals surface area contributed by atoms with Gasteiger partial charge in [-0.2, -0.15) is 0 Å². The summed E-state index contributed by atoms with van der Waals surface area (Å²) >= 11 is 0. The molecular weight excluding hydrogens is 282 g/mol. The molecule has 116 valence electrons. The van der Waals surface area contributed by atoms with Crippen LogP contribution in [0, 0.1) is 0 Å². The number of benzene rings is 1. The summed E-state index contributed by atoms with van der Waals surface area (Å²) in [6, 6.07) is 9.38. The van der Waals surface area contributed by atoms with Gasteiger partial charge in [-0.15, -0.1) is 0 Å². The molecule has 0 aliphatic heterocycles. The molecule has 1 aromatic carbocycles. The van der Waals surface area contributed by atoms with Crippen molar-refractivity contribution in [2.45, 2.75) is 19.9 Å². The van der Waals surface area contributed by atoms with Crippen LogP contribution in [0.5, 0.6) is 0 Å². The Morgan fingerprint density at radius 3 is 2.68 bits per heavy atom. The number of hydrogen-bond donors (Lipinski definition) is 0. The minimum atomic E-state index is -0.445. The van der Waals surface area contributed by atoms with Crippen LogP contribution < -0.4 is 0 Å². The fourth-order valence-electron chi connectivity index (χ4n) is 2.05. The quantitative estimate of drug-likeness (QED) is 0.629. The lowest BCUT2D eigenvalue weighted by atomic mass is 10.2. The van der Waals surface area contributed by atoms with Gasteiger partial charge in [0.2, 0.25) is 5.91 Å². The third kappa shape index (κ3) is 3.75. The number of methoxy groups -OCH3 is 1. The fourth-order valence-corrected chi connectivity index (χ4v) is 2.05. The van der Waals surface area contributed by atoms with Crippen molar-refractivity contribution in [3.63, 3.8) is 0 Å². The van der Waals surface area contributed by atoms with Gasteiger partial charge in [0.15, 0.2) is 0 Å². The first-order valence-electron chi connectivity index (χ1n) is 7.05. The minimum absolute atomic E-state index is 0.0720. The number of hydrogen-bond acceptors (Lipinski definition) is 4. The normalized spacial score (nSPS) is 11.3. The molecule has 0 saturated carbocycles. The van der Waals surface area contributed by atoms with Gasteiger partial charge in [0, 0.05) is 17.5 Å². The largest absolute Gasteiger partial charge is 0.468 e. The molecule has 1 heterocycles. The number of ether oxygens (including phenoxy) is 1. The highest BCUT2D eigenvalue weighted by molar-refractivity contribution is 5.94. The molecule has 0 aliphatic rings. The number of esters is 1. The Hall–Kier alpha value is -2.56. The first kappa shape index (κ1) is 15.8. The van der Waals surface area contributed by atoms with E-state index in [0.717, 1.165) is 11.0 Å². The summed E-state index contributed by atoms with van der Waals surface area (Å²) in [6.07, 6.45) is 3.01. The van der Waals surface area contributed by atoms with Crippen molar-refractivity contribution in [2.24, 2.45) is 0 Å². The Morgan fingerprint density at radius 2 is 2.05 bits per heavy atom. The molecular formula is C17H19NO4. The van der Waals surface area contributed by atoms with E-state index in [4.69, 9.17) is 4.42 Å². The predicted molar refractivity (Wildman–Crippen MR) is 84.1 cm³/mol. The van der Waals surface area contributed by atoms with E-state index in [-0.39, 0.29) is 18.5 Å². The van der Waals surface area contributed by atoms with Crippen LogP contribution in [0.1, 0.15) is 19.6 Å². The maximum Gasteiger partial charge on any atom is 0.325 e. The Morgan fingerprint density at radius 1 is 1.32 bits per heavy atom. The lowest BCUT2D eigenvalue weighted by Gasteiger charge is -2.23. The van der Waals surface area contributed by atoms with Gasteiger partial charge in [-0.05, 0) is 32.1 Å². The molecule has 0 saturated heterocycles. The van der Waals surface area contributed by atoms with E-state index in [2.05, 4.69) is 4.74 Å². The van der Waals surface area contributed by atoms with Crippen LogP contribution in [0.25, 0.3) is 17.0 Å². The maximum absolute atomic E-state index is 12.2. The Labute approximate surface area is 129 Å². The smallest absolute Gasteiger partial charge is 0.325 e. The molecule has 5 nitrogen and oxygen atoms in total. The van der Waals surface area contributed by atoms with Crippen LogP contribution in [-0.4, -0.2) is 36.5 Å². The summed E-state index contributed by atoms with van der Waals surface area (Å²) < 4.78 is 10.2. The molecule has 1 amide bonds. The summed E-state index contributed by atoms with van der Waals surface area (Å²) in [6.45, 7) is 3.61. The molecule has 0 spiro atoms. The van der Waals surface area contributed by atoms with E-state index in [0.29, 0.717) is 5.76 Å². The molecule has 0 fully saturated rings. The molecule has 0 N–H and O–H groups in total. The van der Waals surface area contributed by atoms with Crippen LogP contribution in [-0.2, 0) is 14.3 Å². The molecule has 5 heteroatoms. The van der Waals surface area contributed by atoms with Crippen LogP contribution in [0.2, 0.25) is 0 Å². The molecule has 0 atom stereocenters. The van der Waals surface area contributed by atoms with Gasteiger partial charge in [0.25, 0.3) is 0 Å². The van der Waals surface area contributed by atoms with Crippen LogP contribution in [0.15, 0.2) is 40.8 Å². The first-order valence-corrected chi connectivity index (χ1v) is 7.05. The Balaban J connectivity index is 2.12. The van der Waals surface area contributed by atoms with Gasteiger partial charge in [0.1, 0.15) is 17.9 Å². The second-order valence-electron chi connectivity index (χ2n) is 5.16. The van der Waals surface area contributed by atoms with E-state index in [1.165, 1.54) is 18.1 Å². The summed E-state index contributed by atoms with van der Waals surface area (Å²) in [5.41, 5.74) is 0.768. The average Bonchev–Trinajstić information content (AvgIpc) is 2.92. The standard InChI is InChI=1S/C17H19NO4/c1-12(2)18(11-17(20)21-3)16(19)9-8-14-10-13-6-4-5-7-15(13)22-14/h4-10,12H,11H2,1-3H3. The van der Waals surface area contributed by atoms with Crippen molar-refractivity contribution in [3.05, 3.63) is 42.2 Å². The fraction of sp³-hybridized carbons (Fsp3) is 0.294. The zero-order valence-electron chi connectivity index (χ0n) is 12.9. The van der Waals surface area contributed by atoms with Gasteiger partial charge in [0.05, 0.1) is 7.11 Å². The Kier molecular flexibility index (Phi) is 4.99. The zero-order valence-corrected chi connectivity index (χ0v) is 12.9. The van der Waals surface area contributed by atoms with Crippen molar-refractivity contribution in [3.8, 4) is 0 Å². The lowest BCUT2D eigenvalue weighted by Crippen LogP contribution is -2.40. The molecule has 0 unspecified atom stereocenters. The van der Waals surface area contributed by atoms with Crippen molar-refractivity contribution < 1.29 is 18.7 Å². The highest BCUT2D eigenvalue weighted by Crippen LogP contribution is 2.19. The molecule has 22 heavy (non-hydrogen) atoms. The first-order chi connectivity index (χ1) is 10.5. The van der Waals surface area contributed by atoms with Crippen molar-refractivity contribution >= 4 is 28.9 Å². The molecule has 2 rings (SSSR count). The molecule has 1 aromatic heterocycles. The van der Waals surface area contributed by atoms with Crippen molar-refractivity contribution in [1.29, 1.82) is 0 Å².